The molecule has 72 valence electrons. The van der Waals surface area contributed by atoms with Crippen LogP contribution in [0.5, 0.6) is 0 Å². The summed E-state index contributed by atoms with van der Waals surface area (Å²) in [6.45, 7) is 0. The minimum absolute atomic E-state index is 0.123. The Bertz CT molecular complexity index is 258. The molecular formula is C8H9F3N2. The van der Waals surface area contributed by atoms with Crippen LogP contribution >= 0.6 is 0 Å². The van der Waals surface area contributed by atoms with Gasteiger partial charge < -0.3 is 5.32 Å². The molecule has 0 aliphatic heterocycles. The Morgan fingerprint density at radius 3 is 2.54 bits per heavy atom. The van der Waals surface area contributed by atoms with E-state index < -0.39 is 12.2 Å². The van der Waals surface area contributed by atoms with Crippen LogP contribution in [0.2, 0.25) is 0 Å². The molecule has 2 nitrogen and oxygen atoms in total. The highest BCUT2D eigenvalue weighted by molar-refractivity contribution is 5.15. The molecule has 0 fully saturated rings. The molecule has 0 amide bonds. The van der Waals surface area contributed by atoms with Crippen LogP contribution in [-0.2, 0) is 0 Å². The summed E-state index contributed by atoms with van der Waals surface area (Å²) >= 11 is 0. The third-order valence-corrected chi connectivity index (χ3v) is 1.63. The number of hydrogen-bond acceptors (Lipinski definition) is 2. The van der Waals surface area contributed by atoms with Crippen molar-refractivity contribution in [1.82, 2.24) is 10.3 Å². The van der Waals surface area contributed by atoms with Crippen LogP contribution in [0.15, 0.2) is 24.5 Å². The lowest BCUT2D eigenvalue weighted by atomic mass is 10.1. The number of hydrogen-bond donors (Lipinski definition) is 1. The smallest absolute Gasteiger partial charge is 0.305 e. The van der Waals surface area contributed by atoms with Gasteiger partial charge in [0.2, 0.25) is 0 Å². The maximum atomic E-state index is 12.3. The number of alkyl halides is 3. The number of nitrogens with zero attached hydrogens (tertiary/aromatic N) is 1. The molecule has 1 aromatic rings. The average Bonchev–Trinajstić information content (AvgIpc) is 2.05. The summed E-state index contributed by atoms with van der Waals surface area (Å²) in [7, 11) is 1.27. The first-order valence-corrected chi connectivity index (χ1v) is 3.69. The van der Waals surface area contributed by atoms with Gasteiger partial charge in [-0.3, -0.25) is 4.98 Å². The number of halogens is 3. The van der Waals surface area contributed by atoms with E-state index in [4.69, 9.17) is 0 Å². The molecule has 1 atom stereocenters. The third-order valence-electron chi connectivity index (χ3n) is 1.63. The summed E-state index contributed by atoms with van der Waals surface area (Å²) in [5.74, 6) is 0. The van der Waals surface area contributed by atoms with E-state index in [9.17, 15) is 13.2 Å². The van der Waals surface area contributed by atoms with Gasteiger partial charge in [0.05, 0.1) is 0 Å². The van der Waals surface area contributed by atoms with E-state index in [1.54, 1.807) is 0 Å². The second kappa shape index (κ2) is 3.74. The molecule has 0 radical (unpaired) electrons. The summed E-state index contributed by atoms with van der Waals surface area (Å²) in [4.78, 5) is 3.63. The fraction of sp³-hybridized carbons (Fsp3) is 0.375. The highest BCUT2D eigenvalue weighted by Gasteiger charge is 2.39. The van der Waals surface area contributed by atoms with Crippen molar-refractivity contribution in [1.29, 1.82) is 0 Å². The van der Waals surface area contributed by atoms with E-state index in [-0.39, 0.29) is 5.56 Å². The van der Waals surface area contributed by atoms with Crippen molar-refractivity contribution in [3.8, 4) is 0 Å². The zero-order valence-corrected chi connectivity index (χ0v) is 6.97. The SMILES string of the molecule is CNC(c1cccnc1)C(F)(F)F. The van der Waals surface area contributed by atoms with Crippen molar-refractivity contribution in [3.05, 3.63) is 30.1 Å². The summed E-state index contributed by atoms with van der Waals surface area (Å²) in [6.07, 6.45) is -1.64. The lowest BCUT2D eigenvalue weighted by Gasteiger charge is -2.19. The molecule has 0 spiro atoms. The Morgan fingerprint density at radius 2 is 2.15 bits per heavy atom. The maximum Gasteiger partial charge on any atom is 0.407 e. The van der Waals surface area contributed by atoms with Crippen LogP contribution in [0.4, 0.5) is 13.2 Å². The van der Waals surface area contributed by atoms with Gasteiger partial charge in [-0.25, -0.2) is 0 Å². The van der Waals surface area contributed by atoms with Gasteiger partial charge in [0.25, 0.3) is 0 Å². The number of nitrogens with one attached hydrogen (secondary N) is 1. The summed E-state index contributed by atoms with van der Waals surface area (Å²) < 4.78 is 36.9. The van der Waals surface area contributed by atoms with Gasteiger partial charge in [-0.15, -0.1) is 0 Å². The average molecular weight is 190 g/mol. The van der Waals surface area contributed by atoms with E-state index in [0.29, 0.717) is 0 Å². The minimum atomic E-state index is -4.28. The fourth-order valence-corrected chi connectivity index (χ4v) is 1.07. The van der Waals surface area contributed by atoms with Crippen LogP contribution in [0.3, 0.4) is 0 Å². The minimum Gasteiger partial charge on any atom is -0.305 e. The second-order valence-corrected chi connectivity index (χ2v) is 2.55. The highest BCUT2D eigenvalue weighted by atomic mass is 19.4. The molecule has 1 rings (SSSR count). The third kappa shape index (κ3) is 2.42. The zero-order chi connectivity index (χ0) is 9.90. The number of aromatic nitrogens is 1. The molecule has 13 heavy (non-hydrogen) atoms. The molecule has 0 saturated carbocycles. The molecular weight excluding hydrogens is 181 g/mol. The van der Waals surface area contributed by atoms with E-state index in [1.165, 1.54) is 31.6 Å². The van der Waals surface area contributed by atoms with E-state index in [2.05, 4.69) is 10.3 Å². The molecule has 0 aromatic carbocycles. The fourth-order valence-electron chi connectivity index (χ4n) is 1.07. The highest BCUT2D eigenvalue weighted by Crippen LogP contribution is 2.31. The molecule has 5 heteroatoms. The summed E-state index contributed by atoms with van der Waals surface area (Å²) in [6, 6.07) is 1.23. The van der Waals surface area contributed by atoms with Crippen molar-refractivity contribution in [2.24, 2.45) is 0 Å². The predicted octanol–water partition coefficient (Wildman–Crippen LogP) is 1.90. The van der Waals surface area contributed by atoms with Crippen molar-refractivity contribution in [2.45, 2.75) is 12.2 Å². The zero-order valence-electron chi connectivity index (χ0n) is 6.97. The molecule has 0 saturated heterocycles. The maximum absolute atomic E-state index is 12.3. The van der Waals surface area contributed by atoms with Gasteiger partial charge in [-0.05, 0) is 18.7 Å². The number of rotatable bonds is 2. The van der Waals surface area contributed by atoms with Crippen molar-refractivity contribution in [2.75, 3.05) is 7.05 Å². The van der Waals surface area contributed by atoms with Crippen molar-refractivity contribution >= 4 is 0 Å². The van der Waals surface area contributed by atoms with Crippen LogP contribution in [0.1, 0.15) is 11.6 Å². The van der Waals surface area contributed by atoms with Crippen molar-refractivity contribution in [3.63, 3.8) is 0 Å². The van der Waals surface area contributed by atoms with Gasteiger partial charge in [-0.1, -0.05) is 6.07 Å². The van der Waals surface area contributed by atoms with Crippen LogP contribution in [0.25, 0.3) is 0 Å². The van der Waals surface area contributed by atoms with Crippen LogP contribution < -0.4 is 5.32 Å². The van der Waals surface area contributed by atoms with E-state index in [1.807, 2.05) is 0 Å². The molecule has 0 bridgehead atoms. The summed E-state index contributed by atoms with van der Waals surface area (Å²) in [5.41, 5.74) is 0.123. The van der Waals surface area contributed by atoms with Gasteiger partial charge in [-0.2, -0.15) is 13.2 Å². The standard InChI is InChI=1S/C8H9F3N2/c1-12-7(8(9,10)11)6-3-2-4-13-5-6/h2-5,7,12H,1H3. The van der Waals surface area contributed by atoms with E-state index >= 15 is 0 Å². The predicted molar refractivity (Wildman–Crippen MR) is 42.1 cm³/mol. The first-order valence-electron chi connectivity index (χ1n) is 3.69. The van der Waals surface area contributed by atoms with Gasteiger partial charge in [0.15, 0.2) is 0 Å². The normalized spacial score (nSPS) is 14.2. The largest absolute Gasteiger partial charge is 0.407 e. The monoisotopic (exact) mass is 190 g/mol. The Morgan fingerprint density at radius 1 is 1.46 bits per heavy atom. The Labute approximate surface area is 73.8 Å². The molecule has 0 aliphatic rings. The van der Waals surface area contributed by atoms with Gasteiger partial charge in [0.1, 0.15) is 6.04 Å². The topological polar surface area (TPSA) is 24.9 Å². The molecule has 1 heterocycles. The molecule has 0 aliphatic carbocycles. The quantitative estimate of drug-likeness (QED) is 0.770. The van der Waals surface area contributed by atoms with Gasteiger partial charge >= 0.3 is 6.18 Å². The lowest BCUT2D eigenvalue weighted by Crippen LogP contribution is -2.31. The van der Waals surface area contributed by atoms with Crippen LogP contribution in [-0.4, -0.2) is 18.2 Å². The first kappa shape index (κ1) is 9.98. The summed E-state index contributed by atoms with van der Waals surface area (Å²) in [5, 5.41) is 2.19. The first-order chi connectivity index (χ1) is 6.05. The second-order valence-electron chi connectivity index (χ2n) is 2.55. The molecule has 1 aromatic heterocycles. The lowest BCUT2D eigenvalue weighted by molar-refractivity contribution is -0.156. The van der Waals surface area contributed by atoms with E-state index in [0.717, 1.165) is 0 Å². The Hall–Kier alpha value is -1.10. The van der Waals surface area contributed by atoms with Crippen LogP contribution in [0, 0.1) is 0 Å². The Balaban J connectivity index is 2.92. The molecule has 1 N–H and O–H groups in total. The number of pyridine rings is 1. The van der Waals surface area contributed by atoms with Crippen molar-refractivity contribution < 1.29 is 13.2 Å². The molecule has 1 unspecified atom stereocenters. The van der Waals surface area contributed by atoms with Gasteiger partial charge in [0, 0.05) is 12.4 Å². The Kier molecular flexibility index (Phi) is 2.87.